The van der Waals surface area contributed by atoms with E-state index >= 15 is 0 Å². The van der Waals surface area contributed by atoms with Crippen LogP contribution in [0, 0.1) is 5.82 Å². The van der Waals surface area contributed by atoms with Crippen molar-refractivity contribution in [2.45, 2.75) is 12.8 Å². The number of rotatable bonds is 6. The molecule has 0 amide bonds. The molecule has 23 heavy (non-hydrogen) atoms. The fourth-order valence-corrected chi connectivity index (χ4v) is 2.21. The molecular formula is C18H23FIN3. The Hall–Kier alpha value is -1.63. The quantitative estimate of drug-likeness (QED) is 0.421. The first-order chi connectivity index (χ1) is 10.8. The van der Waals surface area contributed by atoms with Crippen LogP contribution in [-0.2, 0) is 12.8 Å². The zero-order valence-electron chi connectivity index (χ0n) is 13.3. The molecule has 0 atom stereocenters. The predicted octanol–water partition coefficient (Wildman–Crippen LogP) is 3.39. The van der Waals surface area contributed by atoms with Crippen molar-refractivity contribution in [3.63, 3.8) is 0 Å². The Morgan fingerprint density at radius 1 is 0.913 bits per heavy atom. The van der Waals surface area contributed by atoms with Crippen LogP contribution in [0.5, 0.6) is 0 Å². The summed E-state index contributed by atoms with van der Waals surface area (Å²) in [7, 11) is 1.74. The minimum Gasteiger partial charge on any atom is -0.356 e. The maximum Gasteiger partial charge on any atom is 0.190 e. The Morgan fingerprint density at radius 2 is 1.52 bits per heavy atom. The molecule has 0 bridgehead atoms. The second kappa shape index (κ2) is 11.0. The largest absolute Gasteiger partial charge is 0.356 e. The second-order valence-corrected chi connectivity index (χ2v) is 5.00. The maximum absolute atomic E-state index is 13.5. The third kappa shape index (κ3) is 6.99. The summed E-state index contributed by atoms with van der Waals surface area (Å²) < 4.78 is 13.5. The van der Waals surface area contributed by atoms with E-state index in [0.717, 1.165) is 24.5 Å². The monoisotopic (exact) mass is 427 g/mol. The SMILES string of the molecule is CN=C(NCCc1ccccc1)NCCc1ccccc1F.I. The van der Waals surface area contributed by atoms with Gasteiger partial charge in [-0.1, -0.05) is 48.5 Å². The lowest BCUT2D eigenvalue weighted by atomic mass is 10.1. The molecule has 0 aliphatic heterocycles. The standard InChI is InChI=1S/C18H22FN3.HI/c1-20-18(21-13-11-15-7-3-2-4-8-15)22-14-12-16-9-5-6-10-17(16)19;/h2-10H,11-14H2,1H3,(H2,20,21,22);1H. The second-order valence-electron chi connectivity index (χ2n) is 5.00. The van der Waals surface area contributed by atoms with Crippen LogP contribution in [0.25, 0.3) is 0 Å². The highest BCUT2D eigenvalue weighted by molar-refractivity contribution is 14.0. The van der Waals surface area contributed by atoms with Crippen molar-refractivity contribution >= 4 is 29.9 Å². The van der Waals surface area contributed by atoms with Gasteiger partial charge in [-0.3, -0.25) is 4.99 Å². The first-order valence-corrected chi connectivity index (χ1v) is 7.51. The van der Waals surface area contributed by atoms with Crippen molar-refractivity contribution in [3.05, 3.63) is 71.5 Å². The molecule has 124 valence electrons. The lowest BCUT2D eigenvalue weighted by Crippen LogP contribution is -2.39. The van der Waals surface area contributed by atoms with E-state index in [4.69, 9.17) is 0 Å². The van der Waals surface area contributed by atoms with E-state index in [1.807, 2.05) is 30.3 Å². The summed E-state index contributed by atoms with van der Waals surface area (Å²) in [6.07, 6.45) is 1.57. The van der Waals surface area contributed by atoms with E-state index in [1.165, 1.54) is 11.6 Å². The highest BCUT2D eigenvalue weighted by Gasteiger charge is 2.01. The topological polar surface area (TPSA) is 36.4 Å². The lowest BCUT2D eigenvalue weighted by molar-refractivity contribution is 0.606. The molecule has 5 heteroatoms. The Bertz CT molecular complexity index is 602. The third-order valence-electron chi connectivity index (χ3n) is 3.42. The van der Waals surface area contributed by atoms with Gasteiger partial charge in [0.25, 0.3) is 0 Å². The summed E-state index contributed by atoms with van der Waals surface area (Å²) in [6, 6.07) is 17.2. The molecule has 2 rings (SSSR count). The fraction of sp³-hybridized carbons (Fsp3) is 0.278. The van der Waals surface area contributed by atoms with Crippen molar-refractivity contribution < 1.29 is 4.39 Å². The molecule has 0 heterocycles. The van der Waals surface area contributed by atoms with Gasteiger partial charge in [0, 0.05) is 20.1 Å². The molecule has 0 saturated heterocycles. The minimum absolute atomic E-state index is 0. The maximum atomic E-state index is 13.5. The van der Waals surface area contributed by atoms with Gasteiger partial charge in [0.05, 0.1) is 0 Å². The van der Waals surface area contributed by atoms with Crippen molar-refractivity contribution in [3.8, 4) is 0 Å². The summed E-state index contributed by atoms with van der Waals surface area (Å²) in [6.45, 7) is 1.45. The van der Waals surface area contributed by atoms with Gasteiger partial charge in [0.1, 0.15) is 5.82 Å². The molecule has 0 aliphatic rings. The number of hydrogen-bond acceptors (Lipinski definition) is 1. The molecule has 2 N–H and O–H groups in total. The van der Waals surface area contributed by atoms with Crippen LogP contribution in [0.15, 0.2) is 59.6 Å². The van der Waals surface area contributed by atoms with Crippen LogP contribution < -0.4 is 10.6 Å². The van der Waals surface area contributed by atoms with E-state index in [0.29, 0.717) is 13.0 Å². The zero-order chi connectivity index (χ0) is 15.6. The van der Waals surface area contributed by atoms with E-state index in [1.54, 1.807) is 13.1 Å². The fourth-order valence-electron chi connectivity index (χ4n) is 2.21. The molecule has 0 spiro atoms. The van der Waals surface area contributed by atoms with Crippen molar-refractivity contribution in [1.29, 1.82) is 0 Å². The summed E-state index contributed by atoms with van der Waals surface area (Å²) >= 11 is 0. The summed E-state index contributed by atoms with van der Waals surface area (Å²) in [5, 5.41) is 6.47. The normalized spacial score (nSPS) is 10.8. The van der Waals surface area contributed by atoms with Gasteiger partial charge in [-0.05, 0) is 30.0 Å². The van der Waals surface area contributed by atoms with Gasteiger partial charge >= 0.3 is 0 Å². The molecule has 2 aromatic carbocycles. The summed E-state index contributed by atoms with van der Waals surface area (Å²) in [5.41, 5.74) is 2.01. The zero-order valence-corrected chi connectivity index (χ0v) is 15.6. The highest BCUT2D eigenvalue weighted by atomic mass is 127. The molecule has 3 nitrogen and oxygen atoms in total. The molecule has 0 aromatic heterocycles. The molecular weight excluding hydrogens is 404 g/mol. The van der Waals surface area contributed by atoms with E-state index in [2.05, 4.69) is 27.8 Å². The van der Waals surface area contributed by atoms with Crippen molar-refractivity contribution in [2.75, 3.05) is 20.1 Å². The van der Waals surface area contributed by atoms with Crippen LogP contribution in [0.4, 0.5) is 4.39 Å². The van der Waals surface area contributed by atoms with E-state index < -0.39 is 0 Å². The molecule has 0 unspecified atom stereocenters. The number of benzene rings is 2. The first-order valence-electron chi connectivity index (χ1n) is 7.51. The summed E-state index contributed by atoms with van der Waals surface area (Å²) in [4.78, 5) is 4.17. The molecule has 0 fully saturated rings. The Kier molecular flexibility index (Phi) is 9.28. The lowest BCUT2D eigenvalue weighted by Gasteiger charge is -2.12. The van der Waals surface area contributed by atoms with Gasteiger partial charge < -0.3 is 10.6 Å². The first kappa shape index (κ1) is 19.4. The van der Waals surface area contributed by atoms with Crippen LogP contribution in [0.2, 0.25) is 0 Å². The van der Waals surface area contributed by atoms with Gasteiger partial charge in [0.15, 0.2) is 5.96 Å². The molecule has 0 aliphatic carbocycles. The molecule has 0 saturated carbocycles. The van der Waals surface area contributed by atoms with E-state index in [9.17, 15) is 4.39 Å². The highest BCUT2D eigenvalue weighted by Crippen LogP contribution is 2.06. The third-order valence-corrected chi connectivity index (χ3v) is 3.42. The Morgan fingerprint density at radius 3 is 2.17 bits per heavy atom. The van der Waals surface area contributed by atoms with Crippen molar-refractivity contribution in [1.82, 2.24) is 10.6 Å². The smallest absolute Gasteiger partial charge is 0.190 e. The number of guanidine groups is 1. The average molecular weight is 427 g/mol. The van der Waals surface area contributed by atoms with Crippen LogP contribution in [-0.4, -0.2) is 26.1 Å². The van der Waals surface area contributed by atoms with Gasteiger partial charge in [0.2, 0.25) is 0 Å². The van der Waals surface area contributed by atoms with Crippen molar-refractivity contribution in [2.24, 2.45) is 4.99 Å². The van der Waals surface area contributed by atoms with Gasteiger partial charge in [-0.15, -0.1) is 24.0 Å². The van der Waals surface area contributed by atoms with Crippen LogP contribution in [0.1, 0.15) is 11.1 Å². The Balaban J connectivity index is 0.00000264. The minimum atomic E-state index is -0.156. The molecule has 0 radical (unpaired) electrons. The number of halogens is 2. The molecule has 2 aromatic rings. The predicted molar refractivity (Wildman–Crippen MR) is 105 cm³/mol. The Labute approximate surface area is 154 Å². The van der Waals surface area contributed by atoms with Crippen LogP contribution in [0.3, 0.4) is 0 Å². The van der Waals surface area contributed by atoms with Crippen LogP contribution >= 0.6 is 24.0 Å². The average Bonchev–Trinajstić information content (AvgIpc) is 2.56. The number of nitrogens with zero attached hydrogens (tertiary/aromatic N) is 1. The number of nitrogens with one attached hydrogen (secondary N) is 2. The van der Waals surface area contributed by atoms with E-state index in [-0.39, 0.29) is 29.8 Å². The van der Waals surface area contributed by atoms with Gasteiger partial charge in [-0.25, -0.2) is 4.39 Å². The van der Waals surface area contributed by atoms with Gasteiger partial charge in [-0.2, -0.15) is 0 Å². The number of aliphatic imine (C=N–C) groups is 1. The summed E-state index contributed by atoms with van der Waals surface area (Å²) in [5.74, 6) is 0.587. The number of hydrogen-bond donors (Lipinski definition) is 2.